The number of benzene rings is 1. The Hall–Kier alpha value is -2.37. The van der Waals surface area contributed by atoms with Crippen molar-refractivity contribution in [2.24, 2.45) is 5.92 Å². The minimum absolute atomic E-state index is 0.177. The molecule has 6 nitrogen and oxygen atoms in total. The average Bonchev–Trinajstić information content (AvgIpc) is 2.92. The van der Waals surface area contributed by atoms with Crippen molar-refractivity contribution >= 4 is 5.91 Å². The molecule has 0 fully saturated rings. The van der Waals surface area contributed by atoms with Gasteiger partial charge in [0.05, 0.1) is 7.11 Å². The van der Waals surface area contributed by atoms with Crippen LogP contribution in [0.5, 0.6) is 5.75 Å². The van der Waals surface area contributed by atoms with E-state index in [0.29, 0.717) is 29.0 Å². The molecule has 0 aliphatic rings. The van der Waals surface area contributed by atoms with Crippen LogP contribution in [-0.4, -0.2) is 23.2 Å². The van der Waals surface area contributed by atoms with Gasteiger partial charge >= 0.3 is 0 Å². The van der Waals surface area contributed by atoms with Crippen LogP contribution in [0.4, 0.5) is 0 Å². The lowest BCUT2D eigenvalue weighted by Gasteiger charge is -2.17. The number of carbonyl (C=O) groups is 1. The third-order valence-corrected chi connectivity index (χ3v) is 3.20. The number of ether oxygens (including phenoxy) is 1. The fourth-order valence-electron chi connectivity index (χ4n) is 2.13. The van der Waals surface area contributed by atoms with Gasteiger partial charge in [-0.2, -0.15) is 0 Å². The number of carbonyl (C=O) groups excluding carboxylic acids is 1. The van der Waals surface area contributed by atoms with E-state index in [-0.39, 0.29) is 11.9 Å². The average molecular weight is 303 g/mol. The molecular weight excluding hydrogens is 282 g/mol. The van der Waals surface area contributed by atoms with E-state index in [1.807, 2.05) is 0 Å². The largest absolute Gasteiger partial charge is 0.497 e. The van der Waals surface area contributed by atoms with Gasteiger partial charge in [0, 0.05) is 12.5 Å². The Morgan fingerprint density at radius 2 is 1.95 bits per heavy atom. The van der Waals surface area contributed by atoms with Gasteiger partial charge in [-0.15, -0.1) is 10.2 Å². The van der Waals surface area contributed by atoms with Crippen molar-refractivity contribution in [1.82, 2.24) is 15.5 Å². The minimum atomic E-state index is -0.296. The van der Waals surface area contributed by atoms with Crippen molar-refractivity contribution in [3.63, 3.8) is 0 Å². The molecule has 2 aromatic rings. The predicted octanol–water partition coefficient (Wildman–Crippen LogP) is 2.90. The molecule has 1 atom stereocenters. The van der Waals surface area contributed by atoms with E-state index >= 15 is 0 Å². The maximum absolute atomic E-state index is 12.4. The highest BCUT2D eigenvalue weighted by atomic mass is 16.5. The summed E-state index contributed by atoms with van der Waals surface area (Å²) in [5.74, 6) is 1.84. The molecule has 118 valence electrons. The van der Waals surface area contributed by atoms with Crippen LogP contribution in [0.25, 0.3) is 0 Å². The van der Waals surface area contributed by atoms with Crippen molar-refractivity contribution in [2.45, 2.75) is 33.2 Å². The number of nitrogens with zero attached hydrogens (tertiary/aromatic N) is 2. The van der Waals surface area contributed by atoms with E-state index in [2.05, 4.69) is 29.4 Å². The smallest absolute Gasteiger partial charge is 0.251 e. The molecule has 6 heteroatoms. The summed E-state index contributed by atoms with van der Waals surface area (Å²) in [4.78, 5) is 12.4. The lowest BCUT2D eigenvalue weighted by atomic mass is 10.0. The normalized spacial score (nSPS) is 12.2. The molecular formula is C16H21N3O3. The maximum Gasteiger partial charge on any atom is 0.251 e. The Balaban J connectivity index is 2.13. The Kier molecular flexibility index (Phi) is 5.14. The fraction of sp³-hybridized carbons (Fsp3) is 0.438. The monoisotopic (exact) mass is 303 g/mol. The minimum Gasteiger partial charge on any atom is -0.497 e. The van der Waals surface area contributed by atoms with Gasteiger partial charge in [0.15, 0.2) is 0 Å². The van der Waals surface area contributed by atoms with Crippen LogP contribution >= 0.6 is 0 Å². The molecule has 1 aromatic heterocycles. The molecule has 1 aromatic carbocycles. The van der Waals surface area contributed by atoms with Crippen LogP contribution in [0.2, 0.25) is 0 Å². The number of hydrogen-bond acceptors (Lipinski definition) is 5. The molecule has 0 saturated carbocycles. The van der Waals surface area contributed by atoms with E-state index < -0.39 is 0 Å². The first-order valence-electron chi connectivity index (χ1n) is 7.24. The topological polar surface area (TPSA) is 77.2 Å². The van der Waals surface area contributed by atoms with Gasteiger partial charge in [-0.05, 0) is 36.6 Å². The fourth-order valence-corrected chi connectivity index (χ4v) is 2.13. The Morgan fingerprint density at radius 1 is 1.27 bits per heavy atom. The summed E-state index contributed by atoms with van der Waals surface area (Å²) in [6.45, 7) is 5.89. The molecule has 2 rings (SSSR count). The second kappa shape index (κ2) is 7.06. The van der Waals surface area contributed by atoms with Crippen LogP contribution in [0.1, 0.15) is 48.4 Å². The number of hydrogen-bond donors (Lipinski definition) is 1. The third-order valence-electron chi connectivity index (χ3n) is 3.20. The van der Waals surface area contributed by atoms with Crippen molar-refractivity contribution < 1.29 is 13.9 Å². The van der Waals surface area contributed by atoms with Gasteiger partial charge in [0.25, 0.3) is 5.91 Å². The SMILES string of the molecule is COc1ccc(C(=O)NC(CC(C)C)c2nnc(C)o2)cc1. The van der Waals surface area contributed by atoms with E-state index in [9.17, 15) is 4.79 Å². The van der Waals surface area contributed by atoms with Crippen LogP contribution in [0, 0.1) is 12.8 Å². The zero-order valence-electron chi connectivity index (χ0n) is 13.3. The summed E-state index contributed by atoms with van der Waals surface area (Å²) in [5.41, 5.74) is 0.561. The summed E-state index contributed by atoms with van der Waals surface area (Å²) in [5, 5.41) is 10.8. The Morgan fingerprint density at radius 3 is 2.45 bits per heavy atom. The van der Waals surface area contributed by atoms with E-state index in [1.165, 1.54) is 0 Å². The maximum atomic E-state index is 12.4. The standard InChI is InChI=1S/C16H21N3O3/c1-10(2)9-14(16-19-18-11(3)22-16)17-15(20)12-5-7-13(21-4)8-6-12/h5-8,10,14H,9H2,1-4H3,(H,17,20). The first-order chi connectivity index (χ1) is 10.5. The molecule has 0 spiro atoms. The molecule has 0 radical (unpaired) electrons. The molecule has 0 aliphatic carbocycles. The second-order valence-corrected chi connectivity index (χ2v) is 5.54. The molecule has 0 saturated heterocycles. The molecule has 0 bridgehead atoms. The summed E-state index contributed by atoms with van der Waals surface area (Å²) in [7, 11) is 1.59. The predicted molar refractivity (Wildman–Crippen MR) is 81.7 cm³/mol. The number of aromatic nitrogens is 2. The quantitative estimate of drug-likeness (QED) is 0.888. The molecule has 1 amide bonds. The summed E-state index contributed by atoms with van der Waals surface area (Å²) in [6.07, 6.45) is 0.726. The van der Waals surface area contributed by atoms with Crippen molar-refractivity contribution in [1.29, 1.82) is 0 Å². The third kappa shape index (κ3) is 4.07. The van der Waals surface area contributed by atoms with Crippen LogP contribution in [0.15, 0.2) is 28.7 Å². The van der Waals surface area contributed by atoms with E-state index in [0.717, 1.165) is 6.42 Å². The second-order valence-electron chi connectivity index (χ2n) is 5.54. The summed E-state index contributed by atoms with van der Waals surface area (Å²) >= 11 is 0. The van der Waals surface area contributed by atoms with Crippen LogP contribution in [-0.2, 0) is 0 Å². The van der Waals surface area contributed by atoms with Gasteiger partial charge in [0.2, 0.25) is 11.8 Å². The number of aryl methyl sites for hydroxylation is 1. The Bertz CT molecular complexity index is 620. The zero-order valence-corrected chi connectivity index (χ0v) is 13.3. The van der Waals surface area contributed by atoms with Crippen molar-refractivity contribution in [2.75, 3.05) is 7.11 Å². The summed E-state index contributed by atoms with van der Waals surface area (Å²) in [6, 6.07) is 6.65. The lowest BCUT2D eigenvalue weighted by molar-refractivity contribution is 0.0924. The number of rotatable bonds is 6. The van der Waals surface area contributed by atoms with E-state index in [1.54, 1.807) is 38.3 Å². The van der Waals surface area contributed by atoms with Gasteiger partial charge in [-0.25, -0.2) is 0 Å². The molecule has 0 aliphatic heterocycles. The molecule has 1 N–H and O–H groups in total. The van der Waals surface area contributed by atoms with Gasteiger partial charge in [-0.1, -0.05) is 13.8 Å². The number of methoxy groups -OCH3 is 1. The lowest BCUT2D eigenvalue weighted by Crippen LogP contribution is -2.29. The van der Waals surface area contributed by atoms with Crippen LogP contribution in [0.3, 0.4) is 0 Å². The highest BCUT2D eigenvalue weighted by Crippen LogP contribution is 2.21. The van der Waals surface area contributed by atoms with Gasteiger partial charge in [-0.3, -0.25) is 4.79 Å². The summed E-state index contributed by atoms with van der Waals surface area (Å²) < 4.78 is 10.6. The van der Waals surface area contributed by atoms with Crippen LogP contribution < -0.4 is 10.1 Å². The molecule has 1 heterocycles. The highest BCUT2D eigenvalue weighted by molar-refractivity contribution is 5.94. The number of amides is 1. The van der Waals surface area contributed by atoms with Crippen molar-refractivity contribution in [3.8, 4) is 5.75 Å². The van der Waals surface area contributed by atoms with Crippen molar-refractivity contribution in [3.05, 3.63) is 41.6 Å². The van der Waals surface area contributed by atoms with E-state index in [4.69, 9.17) is 9.15 Å². The van der Waals surface area contributed by atoms with Gasteiger partial charge < -0.3 is 14.5 Å². The Labute approximate surface area is 129 Å². The zero-order chi connectivity index (χ0) is 16.1. The first kappa shape index (κ1) is 16.0. The molecule has 1 unspecified atom stereocenters. The highest BCUT2D eigenvalue weighted by Gasteiger charge is 2.22. The van der Waals surface area contributed by atoms with Gasteiger partial charge in [0.1, 0.15) is 11.8 Å². The number of nitrogens with one attached hydrogen (secondary N) is 1. The first-order valence-corrected chi connectivity index (χ1v) is 7.24. The molecule has 22 heavy (non-hydrogen) atoms.